The number of aromatic hydroxyl groups is 1. The highest BCUT2D eigenvalue weighted by Crippen LogP contribution is 2.44. The number of carboxylic acids is 1. The number of anilines is 1. The fourth-order valence-electron chi connectivity index (χ4n) is 4.52. The van der Waals surface area contributed by atoms with Crippen molar-refractivity contribution >= 4 is 17.7 Å². The molecule has 0 saturated carbocycles. The van der Waals surface area contributed by atoms with Gasteiger partial charge in [0.05, 0.1) is 17.9 Å². The van der Waals surface area contributed by atoms with Crippen molar-refractivity contribution in [2.24, 2.45) is 7.05 Å². The average Bonchev–Trinajstić information content (AvgIpc) is 3.41. The third kappa shape index (κ3) is 4.10. The van der Waals surface area contributed by atoms with E-state index in [4.69, 9.17) is 4.74 Å². The third-order valence-electron chi connectivity index (χ3n) is 6.32. The quantitative estimate of drug-likeness (QED) is 0.421. The van der Waals surface area contributed by atoms with Gasteiger partial charge in [-0.1, -0.05) is 48.5 Å². The van der Waals surface area contributed by atoms with Crippen LogP contribution in [-0.4, -0.2) is 38.7 Å². The summed E-state index contributed by atoms with van der Waals surface area (Å²) in [5.74, 6) is -1.79. The highest BCUT2D eigenvalue weighted by atomic mass is 16.6. The second-order valence-corrected chi connectivity index (χ2v) is 8.34. The fraction of sp³-hybridized carbons (Fsp3) is 0.148. The molecule has 0 unspecified atom stereocenters. The first-order chi connectivity index (χ1) is 16.9. The highest BCUT2D eigenvalue weighted by molar-refractivity contribution is 5.93. The van der Waals surface area contributed by atoms with Crippen molar-refractivity contribution in [1.82, 2.24) is 9.78 Å². The minimum atomic E-state index is -1.26. The molecule has 0 bridgehead atoms. The largest absolute Gasteiger partial charge is 0.507 e. The molecule has 0 saturated heterocycles. The molecule has 0 fully saturated rings. The van der Waals surface area contributed by atoms with E-state index in [9.17, 15) is 19.8 Å². The number of carbonyl (C=O) groups is 2. The molecule has 3 aromatic carbocycles. The van der Waals surface area contributed by atoms with Crippen molar-refractivity contribution in [2.75, 3.05) is 11.5 Å². The van der Waals surface area contributed by atoms with Crippen LogP contribution < -0.4 is 4.90 Å². The van der Waals surface area contributed by atoms with E-state index < -0.39 is 17.8 Å². The van der Waals surface area contributed by atoms with Crippen molar-refractivity contribution in [3.05, 3.63) is 101 Å². The highest BCUT2D eigenvalue weighted by Gasteiger charge is 2.30. The molecule has 8 nitrogen and oxygen atoms in total. The Hall–Kier alpha value is -4.59. The third-order valence-corrected chi connectivity index (χ3v) is 6.32. The zero-order valence-corrected chi connectivity index (χ0v) is 19.0. The lowest BCUT2D eigenvalue weighted by Crippen LogP contribution is -2.33. The number of carbonyl (C=O) groups excluding carboxylic acids is 1. The Morgan fingerprint density at radius 1 is 1.00 bits per heavy atom. The van der Waals surface area contributed by atoms with Crippen molar-refractivity contribution in [2.45, 2.75) is 12.5 Å². The Balaban J connectivity index is 1.43. The summed E-state index contributed by atoms with van der Waals surface area (Å²) >= 11 is 0. The summed E-state index contributed by atoms with van der Waals surface area (Å²) in [6, 6.07) is 21.9. The second-order valence-electron chi connectivity index (χ2n) is 8.34. The first-order valence-corrected chi connectivity index (χ1v) is 11.1. The lowest BCUT2D eigenvalue weighted by Gasteiger charge is -2.24. The molecule has 1 aliphatic rings. The molecule has 0 atom stereocenters. The van der Waals surface area contributed by atoms with Gasteiger partial charge in [-0.3, -0.25) is 9.58 Å². The topological polar surface area (TPSA) is 105 Å². The average molecular weight is 469 g/mol. The van der Waals surface area contributed by atoms with Gasteiger partial charge in [-0.05, 0) is 40.5 Å². The molecule has 0 radical (unpaired) electrons. The van der Waals surface area contributed by atoms with E-state index in [1.165, 1.54) is 23.1 Å². The lowest BCUT2D eigenvalue weighted by molar-refractivity contribution is 0.0693. The second kappa shape index (κ2) is 8.98. The van der Waals surface area contributed by atoms with Crippen LogP contribution in [0.3, 0.4) is 0 Å². The molecule has 35 heavy (non-hydrogen) atoms. The Labute approximate surface area is 201 Å². The summed E-state index contributed by atoms with van der Waals surface area (Å²) in [5, 5.41) is 23.6. The Morgan fingerprint density at radius 2 is 1.66 bits per heavy atom. The fourth-order valence-corrected chi connectivity index (χ4v) is 4.52. The van der Waals surface area contributed by atoms with Crippen LogP contribution in [0.4, 0.5) is 10.5 Å². The van der Waals surface area contributed by atoms with Gasteiger partial charge in [0.15, 0.2) is 0 Å². The van der Waals surface area contributed by atoms with E-state index in [-0.39, 0.29) is 24.6 Å². The molecular formula is C27H23N3O5. The molecule has 4 aromatic rings. The van der Waals surface area contributed by atoms with Crippen LogP contribution in [0.5, 0.6) is 5.75 Å². The van der Waals surface area contributed by atoms with Gasteiger partial charge in [0.2, 0.25) is 0 Å². The molecule has 1 amide bonds. The van der Waals surface area contributed by atoms with Crippen LogP contribution in [0.25, 0.3) is 11.1 Å². The van der Waals surface area contributed by atoms with Gasteiger partial charge in [0.1, 0.15) is 17.9 Å². The monoisotopic (exact) mass is 469 g/mol. The molecular weight excluding hydrogens is 446 g/mol. The number of benzene rings is 3. The van der Waals surface area contributed by atoms with Gasteiger partial charge in [0.25, 0.3) is 0 Å². The molecule has 1 aromatic heterocycles. The maximum absolute atomic E-state index is 13.4. The van der Waals surface area contributed by atoms with Crippen LogP contribution in [0, 0.1) is 0 Å². The van der Waals surface area contributed by atoms with E-state index in [0.29, 0.717) is 5.69 Å². The Morgan fingerprint density at radius 3 is 2.23 bits per heavy atom. The maximum Gasteiger partial charge on any atom is 0.414 e. The van der Waals surface area contributed by atoms with Gasteiger partial charge in [-0.25, -0.2) is 9.59 Å². The van der Waals surface area contributed by atoms with Crippen LogP contribution in [0.15, 0.2) is 79.0 Å². The Bertz CT molecular complexity index is 1380. The lowest BCUT2D eigenvalue weighted by atomic mass is 9.98. The number of carboxylic acid groups (broad SMARTS) is 1. The molecule has 1 heterocycles. The molecule has 0 aliphatic heterocycles. The first-order valence-electron chi connectivity index (χ1n) is 11.1. The molecule has 5 rings (SSSR count). The summed E-state index contributed by atoms with van der Waals surface area (Å²) in [6.07, 6.45) is 1.01. The first kappa shape index (κ1) is 22.2. The van der Waals surface area contributed by atoms with Crippen LogP contribution in [-0.2, 0) is 18.3 Å². The predicted octanol–water partition coefficient (Wildman–Crippen LogP) is 4.78. The summed E-state index contributed by atoms with van der Waals surface area (Å²) in [7, 11) is 1.76. The summed E-state index contributed by atoms with van der Waals surface area (Å²) in [6.45, 7) is 0.257. The number of nitrogens with zero attached hydrogens (tertiary/aromatic N) is 3. The number of aromatic carboxylic acids is 1. The molecule has 8 heteroatoms. The van der Waals surface area contributed by atoms with E-state index in [2.05, 4.69) is 17.2 Å². The normalized spacial score (nSPS) is 12.1. The number of amides is 1. The van der Waals surface area contributed by atoms with E-state index in [1.54, 1.807) is 24.0 Å². The summed E-state index contributed by atoms with van der Waals surface area (Å²) in [4.78, 5) is 26.0. The minimum Gasteiger partial charge on any atom is -0.507 e. The van der Waals surface area contributed by atoms with Crippen LogP contribution in [0.2, 0.25) is 0 Å². The number of ether oxygens (including phenoxy) is 1. The molecule has 0 spiro atoms. The number of aromatic nitrogens is 2. The van der Waals surface area contributed by atoms with Gasteiger partial charge in [-0.15, -0.1) is 0 Å². The van der Waals surface area contributed by atoms with E-state index in [0.717, 1.165) is 27.9 Å². The Kier molecular flexibility index (Phi) is 5.70. The van der Waals surface area contributed by atoms with Gasteiger partial charge >= 0.3 is 12.1 Å². The number of hydrogen-bond acceptors (Lipinski definition) is 5. The van der Waals surface area contributed by atoms with Crippen molar-refractivity contribution < 1.29 is 24.5 Å². The standard InChI is InChI=1S/C27H23N3O5/c1-29-18(12-13-28-29)15-30(17-10-11-23(26(32)33)25(31)14-17)27(34)35-16-24-21-8-4-2-6-19(21)20-7-3-5-9-22(20)24/h2-14,24,31H,15-16H2,1H3,(H,32,33). The van der Waals surface area contributed by atoms with Gasteiger partial charge in [-0.2, -0.15) is 5.10 Å². The predicted molar refractivity (Wildman–Crippen MR) is 130 cm³/mol. The number of fused-ring (bicyclic) bond motifs is 3. The zero-order valence-electron chi connectivity index (χ0n) is 19.0. The van der Waals surface area contributed by atoms with Crippen molar-refractivity contribution in [3.63, 3.8) is 0 Å². The number of phenols is 1. The van der Waals surface area contributed by atoms with Gasteiger partial charge < -0.3 is 14.9 Å². The van der Waals surface area contributed by atoms with E-state index in [1.807, 2.05) is 36.4 Å². The summed E-state index contributed by atoms with van der Waals surface area (Å²) in [5.41, 5.74) is 5.26. The minimum absolute atomic E-state index is 0.104. The number of hydrogen-bond donors (Lipinski definition) is 2. The zero-order chi connectivity index (χ0) is 24.5. The maximum atomic E-state index is 13.4. The number of rotatable bonds is 6. The molecule has 1 aliphatic carbocycles. The summed E-state index contributed by atoms with van der Waals surface area (Å²) < 4.78 is 7.46. The van der Waals surface area contributed by atoms with Crippen LogP contribution >= 0.6 is 0 Å². The van der Waals surface area contributed by atoms with E-state index >= 15 is 0 Å². The van der Waals surface area contributed by atoms with Crippen molar-refractivity contribution in [1.29, 1.82) is 0 Å². The SMILES string of the molecule is Cn1nccc1CN(C(=O)OCC1c2ccccc2-c2ccccc21)c1ccc(C(=O)O)c(O)c1. The smallest absolute Gasteiger partial charge is 0.414 e. The molecule has 176 valence electrons. The van der Waals surface area contributed by atoms with Gasteiger partial charge in [0, 0.05) is 25.2 Å². The molecule has 2 N–H and O–H groups in total. The number of aryl methyl sites for hydroxylation is 1. The van der Waals surface area contributed by atoms with Crippen molar-refractivity contribution in [3.8, 4) is 16.9 Å². The van der Waals surface area contributed by atoms with Crippen LogP contribution in [0.1, 0.15) is 33.1 Å².